The van der Waals surface area contributed by atoms with E-state index >= 15 is 0 Å². The van der Waals surface area contributed by atoms with Crippen molar-refractivity contribution in [2.75, 3.05) is 11.9 Å². The molecule has 0 saturated carbocycles. The van der Waals surface area contributed by atoms with Crippen molar-refractivity contribution >= 4 is 34.2 Å². The molecule has 1 saturated heterocycles. The first-order valence-electron chi connectivity index (χ1n) is 5.51. The number of ether oxygens (including phenoxy) is 1. The van der Waals surface area contributed by atoms with Crippen molar-refractivity contribution in [2.24, 2.45) is 0 Å². The Labute approximate surface area is 113 Å². The smallest absolute Gasteiger partial charge is 0.227 e. The predicted molar refractivity (Wildman–Crippen MR) is 71.3 cm³/mol. The summed E-state index contributed by atoms with van der Waals surface area (Å²) in [6.07, 6.45) is 2.36. The summed E-state index contributed by atoms with van der Waals surface area (Å²) in [5, 5.41) is 2.77. The molecule has 1 aliphatic rings. The van der Waals surface area contributed by atoms with E-state index in [2.05, 4.69) is 5.32 Å². The second-order valence-corrected chi connectivity index (χ2v) is 5.17. The highest BCUT2D eigenvalue weighted by Crippen LogP contribution is 2.20. The van der Waals surface area contributed by atoms with Crippen LogP contribution < -0.4 is 5.32 Å². The fourth-order valence-corrected chi connectivity index (χ4v) is 2.42. The molecule has 0 spiro atoms. The van der Waals surface area contributed by atoms with Crippen LogP contribution in [0.15, 0.2) is 18.2 Å². The van der Waals surface area contributed by atoms with Crippen molar-refractivity contribution in [3.8, 4) is 0 Å². The average molecular weight is 349 g/mol. The van der Waals surface area contributed by atoms with E-state index in [0.29, 0.717) is 15.7 Å². The molecule has 1 heterocycles. The number of hydrogen-bond acceptors (Lipinski definition) is 2. The minimum absolute atomic E-state index is 0.0353. The predicted octanol–water partition coefficient (Wildman–Crippen LogP) is 2.94. The zero-order chi connectivity index (χ0) is 12.3. The van der Waals surface area contributed by atoms with Gasteiger partial charge in [0.15, 0.2) is 0 Å². The lowest BCUT2D eigenvalue weighted by molar-refractivity contribution is -0.118. The normalized spacial score (nSPS) is 19.3. The number of anilines is 1. The average Bonchev–Trinajstić information content (AvgIpc) is 2.75. The molecule has 0 bridgehead atoms. The van der Waals surface area contributed by atoms with Crippen LogP contribution in [-0.2, 0) is 9.53 Å². The van der Waals surface area contributed by atoms with Gasteiger partial charge >= 0.3 is 0 Å². The van der Waals surface area contributed by atoms with Crippen molar-refractivity contribution in [2.45, 2.75) is 25.4 Å². The number of rotatable bonds is 3. The molecule has 0 aliphatic carbocycles. The number of halogens is 2. The minimum atomic E-state index is -0.300. The number of carbonyl (C=O) groups excluding carboxylic acids is 1. The Kier molecular flexibility index (Phi) is 4.33. The molecule has 2 rings (SSSR count). The van der Waals surface area contributed by atoms with E-state index in [4.69, 9.17) is 4.74 Å². The van der Waals surface area contributed by atoms with Gasteiger partial charge in [-0.2, -0.15) is 0 Å². The van der Waals surface area contributed by atoms with Gasteiger partial charge in [0.25, 0.3) is 0 Å². The van der Waals surface area contributed by atoms with E-state index in [1.165, 1.54) is 12.1 Å². The monoisotopic (exact) mass is 349 g/mol. The number of carbonyl (C=O) groups is 1. The third-order valence-electron chi connectivity index (χ3n) is 2.64. The van der Waals surface area contributed by atoms with Crippen LogP contribution in [0.4, 0.5) is 10.1 Å². The number of amides is 1. The second-order valence-electron chi connectivity index (χ2n) is 4.01. The van der Waals surface area contributed by atoms with Crippen molar-refractivity contribution < 1.29 is 13.9 Å². The molecule has 1 atom stereocenters. The Bertz CT molecular complexity index is 419. The zero-order valence-electron chi connectivity index (χ0n) is 9.21. The molecule has 1 fully saturated rings. The van der Waals surface area contributed by atoms with E-state index in [0.717, 1.165) is 19.4 Å². The van der Waals surface area contributed by atoms with Crippen molar-refractivity contribution in [3.63, 3.8) is 0 Å². The molecule has 3 nitrogen and oxygen atoms in total. The zero-order valence-corrected chi connectivity index (χ0v) is 11.4. The van der Waals surface area contributed by atoms with Gasteiger partial charge in [-0.3, -0.25) is 4.79 Å². The first kappa shape index (κ1) is 12.8. The molecule has 1 amide bonds. The quantitative estimate of drug-likeness (QED) is 0.853. The van der Waals surface area contributed by atoms with Crippen LogP contribution in [0, 0.1) is 9.39 Å². The first-order chi connectivity index (χ1) is 8.15. The summed E-state index contributed by atoms with van der Waals surface area (Å²) in [7, 11) is 0. The summed E-state index contributed by atoms with van der Waals surface area (Å²) in [5.41, 5.74) is 0.648. The fourth-order valence-electron chi connectivity index (χ4n) is 1.80. The molecule has 17 heavy (non-hydrogen) atoms. The molecular formula is C12H13FINO2. The molecule has 1 unspecified atom stereocenters. The third-order valence-corrected chi connectivity index (χ3v) is 3.53. The summed E-state index contributed by atoms with van der Waals surface area (Å²) in [6, 6.07) is 4.30. The summed E-state index contributed by atoms with van der Waals surface area (Å²) < 4.78 is 19.0. The molecule has 0 aromatic heterocycles. The van der Waals surface area contributed by atoms with Gasteiger partial charge in [-0.15, -0.1) is 0 Å². The van der Waals surface area contributed by atoms with Crippen LogP contribution in [0.3, 0.4) is 0 Å². The summed E-state index contributed by atoms with van der Waals surface area (Å²) in [5.74, 6) is -0.382. The van der Waals surface area contributed by atoms with Gasteiger partial charge in [0.2, 0.25) is 5.91 Å². The Morgan fingerprint density at radius 3 is 3.06 bits per heavy atom. The standard InChI is InChI=1S/C12H13FINO2/c13-8-3-4-11(10(14)6-8)15-12(16)7-9-2-1-5-17-9/h3-4,6,9H,1-2,5,7H2,(H,15,16). The van der Waals surface area contributed by atoms with E-state index < -0.39 is 0 Å². The van der Waals surface area contributed by atoms with Crippen LogP contribution in [0.5, 0.6) is 0 Å². The van der Waals surface area contributed by atoms with E-state index in [9.17, 15) is 9.18 Å². The van der Waals surface area contributed by atoms with Crippen molar-refractivity contribution in [1.82, 2.24) is 0 Å². The van der Waals surface area contributed by atoms with E-state index in [1.54, 1.807) is 6.07 Å². The van der Waals surface area contributed by atoms with Crippen LogP contribution in [0.25, 0.3) is 0 Å². The maximum atomic E-state index is 12.9. The molecule has 0 radical (unpaired) electrons. The Balaban J connectivity index is 1.93. The molecule has 1 N–H and O–H groups in total. The topological polar surface area (TPSA) is 38.3 Å². The lowest BCUT2D eigenvalue weighted by Gasteiger charge is -2.10. The molecule has 1 aliphatic heterocycles. The van der Waals surface area contributed by atoms with Gasteiger partial charge in [0.05, 0.1) is 18.2 Å². The van der Waals surface area contributed by atoms with E-state index in [-0.39, 0.29) is 17.8 Å². The summed E-state index contributed by atoms with van der Waals surface area (Å²) in [6.45, 7) is 0.742. The molecule has 1 aromatic rings. The highest BCUT2D eigenvalue weighted by molar-refractivity contribution is 14.1. The number of nitrogens with one attached hydrogen (secondary N) is 1. The van der Waals surface area contributed by atoms with Crippen LogP contribution in [0.2, 0.25) is 0 Å². The highest BCUT2D eigenvalue weighted by Gasteiger charge is 2.19. The maximum absolute atomic E-state index is 12.9. The van der Waals surface area contributed by atoms with Gasteiger partial charge < -0.3 is 10.1 Å². The highest BCUT2D eigenvalue weighted by atomic mass is 127. The van der Waals surface area contributed by atoms with Crippen molar-refractivity contribution in [3.05, 3.63) is 27.6 Å². The molecule has 1 aromatic carbocycles. The van der Waals surface area contributed by atoms with Gasteiger partial charge in [-0.1, -0.05) is 0 Å². The lowest BCUT2D eigenvalue weighted by Crippen LogP contribution is -2.19. The summed E-state index contributed by atoms with van der Waals surface area (Å²) in [4.78, 5) is 11.7. The molecule has 5 heteroatoms. The summed E-state index contributed by atoms with van der Waals surface area (Å²) >= 11 is 2.00. The van der Waals surface area contributed by atoms with Crippen LogP contribution in [0.1, 0.15) is 19.3 Å². The van der Waals surface area contributed by atoms with E-state index in [1.807, 2.05) is 22.6 Å². The molecular weight excluding hydrogens is 336 g/mol. The first-order valence-corrected chi connectivity index (χ1v) is 6.59. The maximum Gasteiger partial charge on any atom is 0.227 e. The number of benzene rings is 1. The van der Waals surface area contributed by atoms with Crippen molar-refractivity contribution in [1.29, 1.82) is 0 Å². The SMILES string of the molecule is O=C(CC1CCCO1)Nc1ccc(F)cc1I. The Morgan fingerprint density at radius 2 is 2.41 bits per heavy atom. The fraction of sp³-hybridized carbons (Fsp3) is 0.417. The second kappa shape index (κ2) is 5.77. The number of hydrogen-bond donors (Lipinski definition) is 1. The van der Waals surface area contributed by atoms with Gasteiger partial charge in [0, 0.05) is 10.2 Å². The third kappa shape index (κ3) is 3.64. The van der Waals surface area contributed by atoms with Crippen LogP contribution in [-0.4, -0.2) is 18.6 Å². The Morgan fingerprint density at radius 1 is 1.59 bits per heavy atom. The largest absolute Gasteiger partial charge is 0.378 e. The Hall–Kier alpha value is -0.690. The molecule has 92 valence electrons. The minimum Gasteiger partial charge on any atom is -0.378 e. The van der Waals surface area contributed by atoms with Gasteiger partial charge in [0.1, 0.15) is 5.82 Å². The van der Waals surface area contributed by atoms with Gasteiger partial charge in [-0.05, 0) is 53.6 Å². The van der Waals surface area contributed by atoms with Crippen LogP contribution >= 0.6 is 22.6 Å². The lowest BCUT2D eigenvalue weighted by atomic mass is 10.2. The van der Waals surface area contributed by atoms with Gasteiger partial charge in [-0.25, -0.2) is 4.39 Å².